The number of rotatable bonds is 6. The van der Waals surface area contributed by atoms with Crippen molar-refractivity contribution in [1.82, 2.24) is 4.47 Å². The first-order chi connectivity index (χ1) is 12.2. The predicted molar refractivity (Wildman–Crippen MR) is 89.4 cm³/mol. The quantitative estimate of drug-likeness (QED) is 0.603. The molecule has 0 aliphatic heterocycles. The highest BCUT2D eigenvalue weighted by Gasteiger charge is 2.21. The van der Waals surface area contributed by atoms with Crippen LogP contribution in [-0.4, -0.2) is 37.9 Å². The van der Waals surface area contributed by atoms with Crippen LogP contribution in [0.3, 0.4) is 0 Å². The van der Waals surface area contributed by atoms with Crippen molar-refractivity contribution in [3.63, 3.8) is 0 Å². The number of carbonyl (C=O) groups excluding carboxylic acids is 1. The molecule has 0 saturated carbocycles. The van der Waals surface area contributed by atoms with Crippen LogP contribution in [0.15, 0.2) is 47.4 Å². The fraction of sp³-hybridized carbons (Fsp3) is 0.133. The Hall–Kier alpha value is -2.89. The number of hydrogen-bond donors (Lipinski definition) is 1. The second kappa shape index (κ2) is 7.56. The standard InChI is InChI=1S/C15H14FN3O6S/c1-18(25-2)26(23,24)12-6-3-10(4-7-12)15(20)17-11-5-8-13(16)14(9-11)19(21)22/h3-9H,1-2H3,(H,17,20). The van der Waals surface area contributed by atoms with Gasteiger partial charge in [-0.05, 0) is 36.4 Å². The van der Waals surface area contributed by atoms with Gasteiger partial charge in [0, 0.05) is 24.4 Å². The zero-order valence-corrected chi connectivity index (χ0v) is 14.5. The monoisotopic (exact) mass is 383 g/mol. The molecule has 2 aromatic rings. The van der Waals surface area contributed by atoms with Crippen molar-refractivity contribution in [2.24, 2.45) is 0 Å². The van der Waals surface area contributed by atoms with E-state index in [9.17, 15) is 27.7 Å². The molecule has 0 aromatic heterocycles. The third-order valence-electron chi connectivity index (χ3n) is 3.41. The minimum absolute atomic E-state index is 0.0268. The summed E-state index contributed by atoms with van der Waals surface area (Å²) in [6, 6.07) is 7.89. The number of nitrogens with one attached hydrogen (secondary N) is 1. The molecular weight excluding hydrogens is 369 g/mol. The molecule has 2 rings (SSSR count). The van der Waals surface area contributed by atoms with E-state index in [0.717, 1.165) is 12.1 Å². The zero-order valence-electron chi connectivity index (χ0n) is 13.7. The Balaban J connectivity index is 2.21. The molecule has 0 radical (unpaired) electrons. The maximum Gasteiger partial charge on any atom is 0.306 e. The van der Waals surface area contributed by atoms with E-state index >= 15 is 0 Å². The topological polar surface area (TPSA) is 119 Å². The Bertz CT molecular complexity index is 946. The Labute approximate surface area is 148 Å². The van der Waals surface area contributed by atoms with Crippen LogP contribution in [0.4, 0.5) is 15.8 Å². The summed E-state index contributed by atoms with van der Waals surface area (Å²) >= 11 is 0. The molecule has 0 spiro atoms. The molecule has 138 valence electrons. The van der Waals surface area contributed by atoms with Crippen LogP contribution in [0, 0.1) is 15.9 Å². The van der Waals surface area contributed by atoms with Crippen molar-refractivity contribution in [3.05, 3.63) is 64.0 Å². The summed E-state index contributed by atoms with van der Waals surface area (Å²) in [6.07, 6.45) is 0. The summed E-state index contributed by atoms with van der Waals surface area (Å²) in [5, 5.41) is 13.1. The Morgan fingerprint density at radius 1 is 1.23 bits per heavy atom. The van der Waals surface area contributed by atoms with Gasteiger partial charge in [0.2, 0.25) is 5.82 Å². The van der Waals surface area contributed by atoms with Crippen molar-refractivity contribution >= 4 is 27.3 Å². The number of carbonyl (C=O) groups is 1. The average Bonchev–Trinajstić information content (AvgIpc) is 2.62. The van der Waals surface area contributed by atoms with Gasteiger partial charge >= 0.3 is 5.69 Å². The summed E-state index contributed by atoms with van der Waals surface area (Å²) in [4.78, 5) is 26.5. The second-order valence-electron chi connectivity index (χ2n) is 5.00. The van der Waals surface area contributed by atoms with Crippen LogP contribution in [0.2, 0.25) is 0 Å². The number of hydrogen-bond acceptors (Lipinski definition) is 6. The minimum Gasteiger partial charge on any atom is -0.322 e. The van der Waals surface area contributed by atoms with Gasteiger partial charge < -0.3 is 5.32 Å². The number of hydroxylamine groups is 1. The van der Waals surface area contributed by atoms with Crippen LogP contribution in [-0.2, 0) is 14.9 Å². The number of halogens is 1. The molecule has 26 heavy (non-hydrogen) atoms. The van der Waals surface area contributed by atoms with E-state index in [0.29, 0.717) is 4.47 Å². The summed E-state index contributed by atoms with van der Waals surface area (Å²) < 4.78 is 38.1. The molecule has 0 fully saturated rings. The third-order valence-corrected chi connectivity index (χ3v) is 5.10. The van der Waals surface area contributed by atoms with Crippen molar-refractivity contribution in [2.45, 2.75) is 4.90 Å². The highest BCUT2D eigenvalue weighted by Crippen LogP contribution is 2.22. The smallest absolute Gasteiger partial charge is 0.306 e. The van der Waals surface area contributed by atoms with Gasteiger partial charge in [0.05, 0.1) is 16.9 Å². The lowest BCUT2D eigenvalue weighted by Gasteiger charge is -2.14. The van der Waals surface area contributed by atoms with E-state index in [4.69, 9.17) is 0 Å². The lowest BCUT2D eigenvalue weighted by molar-refractivity contribution is -0.387. The Morgan fingerprint density at radius 2 is 1.85 bits per heavy atom. The molecule has 1 amide bonds. The maximum atomic E-state index is 13.3. The zero-order chi connectivity index (χ0) is 19.5. The van der Waals surface area contributed by atoms with Gasteiger partial charge in [0.1, 0.15) is 0 Å². The summed E-state index contributed by atoms with van der Waals surface area (Å²) in [7, 11) is -1.43. The first-order valence-electron chi connectivity index (χ1n) is 7.05. The molecule has 11 heteroatoms. The van der Waals surface area contributed by atoms with Gasteiger partial charge in [-0.25, -0.2) is 8.42 Å². The van der Waals surface area contributed by atoms with Gasteiger partial charge in [-0.2, -0.15) is 4.39 Å². The number of anilines is 1. The number of sulfonamides is 1. The van der Waals surface area contributed by atoms with Crippen LogP contribution in [0.1, 0.15) is 10.4 Å². The normalized spacial score (nSPS) is 11.4. The van der Waals surface area contributed by atoms with Crippen molar-refractivity contribution < 1.29 is 27.4 Å². The van der Waals surface area contributed by atoms with E-state index in [-0.39, 0.29) is 16.1 Å². The number of nitro benzene ring substituents is 1. The largest absolute Gasteiger partial charge is 0.322 e. The molecule has 1 N–H and O–H groups in total. The van der Waals surface area contributed by atoms with Crippen molar-refractivity contribution in [2.75, 3.05) is 19.5 Å². The Kier molecular flexibility index (Phi) is 5.65. The lowest BCUT2D eigenvalue weighted by atomic mass is 10.2. The highest BCUT2D eigenvalue weighted by atomic mass is 32.2. The molecule has 0 saturated heterocycles. The van der Waals surface area contributed by atoms with E-state index < -0.39 is 32.4 Å². The average molecular weight is 383 g/mol. The van der Waals surface area contributed by atoms with E-state index in [1.807, 2.05) is 0 Å². The van der Waals surface area contributed by atoms with Gasteiger partial charge in [-0.15, -0.1) is 0 Å². The van der Waals surface area contributed by atoms with Gasteiger partial charge in [0.15, 0.2) is 0 Å². The Morgan fingerprint density at radius 3 is 2.38 bits per heavy atom. The van der Waals surface area contributed by atoms with Crippen molar-refractivity contribution in [3.8, 4) is 0 Å². The maximum absolute atomic E-state index is 13.3. The SMILES string of the molecule is CON(C)S(=O)(=O)c1ccc(C(=O)Nc2ccc(F)c([N+](=O)[O-])c2)cc1. The number of benzene rings is 2. The molecule has 2 aromatic carbocycles. The van der Waals surface area contributed by atoms with Gasteiger partial charge in [-0.1, -0.05) is 4.47 Å². The molecule has 0 heterocycles. The minimum atomic E-state index is -3.85. The van der Waals surface area contributed by atoms with Crippen LogP contribution in [0.25, 0.3) is 0 Å². The van der Waals surface area contributed by atoms with E-state index in [2.05, 4.69) is 10.2 Å². The first kappa shape index (κ1) is 19.4. The molecule has 0 aliphatic carbocycles. The molecule has 0 atom stereocenters. The van der Waals surface area contributed by atoms with Gasteiger partial charge in [0.25, 0.3) is 15.9 Å². The third kappa shape index (κ3) is 4.02. The molecular formula is C15H14FN3O6S. The van der Waals surface area contributed by atoms with Crippen LogP contribution < -0.4 is 5.32 Å². The number of nitro groups is 1. The molecule has 9 nitrogen and oxygen atoms in total. The van der Waals surface area contributed by atoms with Crippen LogP contribution in [0.5, 0.6) is 0 Å². The van der Waals surface area contributed by atoms with Crippen molar-refractivity contribution in [1.29, 1.82) is 0 Å². The number of amides is 1. The summed E-state index contributed by atoms with van der Waals surface area (Å²) in [5.74, 6) is -1.67. The summed E-state index contributed by atoms with van der Waals surface area (Å²) in [6.45, 7) is 0. The van der Waals surface area contributed by atoms with Gasteiger partial charge in [-0.3, -0.25) is 19.7 Å². The molecule has 0 aliphatic rings. The first-order valence-corrected chi connectivity index (χ1v) is 8.49. The summed E-state index contributed by atoms with van der Waals surface area (Å²) in [5.41, 5.74) is -0.637. The number of nitrogens with zero attached hydrogens (tertiary/aromatic N) is 2. The molecule has 0 bridgehead atoms. The fourth-order valence-corrected chi connectivity index (χ4v) is 2.93. The van der Waals surface area contributed by atoms with E-state index in [1.54, 1.807) is 0 Å². The fourth-order valence-electron chi connectivity index (χ4n) is 1.96. The predicted octanol–water partition coefficient (Wildman–Crippen LogP) is 2.17. The highest BCUT2D eigenvalue weighted by molar-refractivity contribution is 7.89. The van der Waals surface area contributed by atoms with E-state index in [1.165, 1.54) is 44.5 Å². The van der Waals surface area contributed by atoms with Crippen LogP contribution >= 0.6 is 0 Å². The lowest BCUT2D eigenvalue weighted by Crippen LogP contribution is -2.25. The second-order valence-corrected chi connectivity index (χ2v) is 6.93. The molecule has 0 unspecified atom stereocenters.